The van der Waals surface area contributed by atoms with E-state index in [4.69, 9.17) is 10.2 Å². The largest absolute Gasteiger partial charge is 0.492 e. The molecule has 6 N–H and O–H groups in total. The molecule has 19 heavy (non-hydrogen) atoms. The van der Waals surface area contributed by atoms with Crippen LogP contribution >= 0.6 is 0 Å². The molecule has 2 atom stereocenters. The zero-order chi connectivity index (χ0) is 13.8. The van der Waals surface area contributed by atoms with Crippen molar-refractivity contribution in [2.75, 3.05) is 13.2 Å². The number of hydrogen-bond acceptors (Lipinski definition) is 7. The molecule has 2 rings (SSSR count). The fourth-order valence-electron chi connectivity index (χ4n) is 1.81. The fraction of sp³-hybridized carbons (Fsp3) is 0.455. The standard InChI is InChI=1S/C11H16N4O4/c16-3-7(8(18)4-17)12-1-6-2-13-10-9(6)14-5-15-11(10)19/h2,5,7-8,12-13,16-18H,1,3-4H2,(H,14,15,19)/t7-,8+/m1/s1. The summed E-state index contributed by atoms with van der Waals surface area (Å²) in [6.07, 6.45) is 1.87. The molecule has 0 unspecified atom stereocenters. The highest BCUT2D eigenvalue weighted by molar-refractivity contribution is 5.82. The minimum absolute atomic E-state index is 0.134. The number of fused-ring (bicyclic) bond motifs is 1. The van der Waals surface area contributed by atoms with E-state index in [0.29, 0.717) is 17.6 Å². The lowest BCUT2D eigenvalue weighted by Gasteiger charge is -2.20. The summed E-state index contributed by atoms with van der Waals surface area (Å²) in [7, 11) is 0. The number of hydrogen-bond donors (Lipinski definition) is 6. The molecule has 0 amide bonds. The summed E-state index contributed by atoms with van der Waals surface area (Å²) in [5.74, 6) is -0.134. The third kappa shape index (κ3) is 2.82. The summed E-state index contributed by atoms with van der Waals surface area (Å²) in [5.41, 5.74) is 1.76. The van der Waals surface area contributed by atoms with Gasteiger partial charge in [-0.15, -0.1) is 0 Å². The van der Waals surface area contributed by atoms with Gasteiger partial charge in [-0.05, 0) is 0 Å². The van der Waals surface area contributed by atoms with E-state index >= 15 is 0 Å². The highest BCUT2D eigenvalue weighted by Crippen LogP contribution is 2.21. The van der Waals surface area contributed by atoms with Crippen LogP contribution in [0.1, 0.15) is 5.56 Å². The molecule has 0 fully saturated rings. The normalized spacial score (nSPS) is 14.7. The number of aromatic nitrogens is 3. The number of nitrogens with one attached hydrogen (secondary N) is 2. The van der Waals surface area contributed by atoms with Crippen molar-refractivity contribution < 1.29 is 20.4 Å². The summed E-state index contributed by atoms with van der Waals surface area (Å²) >= 11 is 0. The monoisotopic (exact) mass is 268 g/mol. The number of nitrogens with zero attached hydrogens (tertiary/aromatic N) is 2. The van der Waals surface area contributed by atoms with Gasteiger partial charge in [0.1, 0.15) is 11.8 Å². The van der Waals surface area contributed by atoms with Crippen LogP contribution in [0.2, 0.25) is 0 Å². The van der Waals surface area contributed by atoms with Crippen molar-refractivity contribution in [2.45, 2.75) is 18.7 Å². The Labute approximate surface area is 108 Å². The quantitative estimate of drug-likeness (QED) is 0.374. The highest BCUT2D eigenvalue weighted by atomic mass is 16.3. The van der Waals surface area contributed by atoms with Crippen molar-refractivity contribution in [3.63, 3.8) is 0 Å². The van der Waals surface area contributed by atoms with E-state index in [9.17, 15) is 10.2 Å². The number of aliphatic hydroxyl groups excluding tert-OH is 3. The van der Waals surface area contributed by atoms with Gasteiger partial charge in [-0.2, -0.15) is 0 Å². The van der Waals surface area contributed by atoms with E-state index in [1.807, 2.05) is 0 Å². The first kappa shape index (κ1) is 13.7. The van der Waals surface area contributed by atoms with Gasteiger partial charge < -0.3 is 30.7 Å². The first-order valence-electron chi connectivity index (χ1n) is 5.80. The van der Waals surface area contributed by atoms with Gasteiger partial charge >= 0.3 is 0 Å². The SMILES string of the molecule is OC[C@H](O)[C@@H](CO)NCc1c[nH]c2c(O)ncnc12. The second-order valence-corrected chi connectivity index (χ2v) is 4.15. The minimum Gasteiger partial charge on any atom is -0.492 e. The Morgan fingerprint density at radius 1 is 1.26 bits per heavy atom. The van der Waals surface area contributed by atoms with Crippen LogP contribution in [0.5, 0.6) is 5.88 Å². The summed E-state index contributed by atoms with van der Waals surface area (Å²) in [4.78, 5) is 10.6. The zero-order valence-electron chi connectivity index (χ0n) is 10.1. The van der Waals surface area contributed by atoms with Gasteiger partial charge in [0.25, 0.3) is 0 Å². The number of aromatic hydroxyl groups is 1. The van der Waals surface area contributed by atoms with E-state index in [1.165, 1.54) is 6.33 Å². The summed E-state index contributed by atoms with van der Waals surface area (Å²) in [5, 5.41) is 39.8. The highest BCUT2D eigenvalue weighted by Gasteiger charge is 2.18. The third-order valence-corrected chi connectivity index (χ3v) is 2.93. The van der Waals surface area contributed by atoms with Crippen molar-refractivity contribution in [2.24, 2.45) is 0 Å². The van der Waals surface area contributed by atoms with E-state index in [2.05, 4.69) is 20.3 Å². The van der Waals surface area contributed by atoms with Crippen LogP contribution in [0, 0.1) is 0 Å². The molecule has 0 bridgehead atoms. The Bertz CT molecular complexity index is 544. The summed E-state index contributed by atoms with van der Waals surface area (Å²) in [6, 6.07) is -0.634. The van der Waals surface area contributed by atoms with Gasteiger partial charge in [0.2, 0.25) is 5.88 Å². The maximum atomic E-state index is 9.52. The molecular weight excluding hydrogens is 252 g/mol. The number of aliphatic hydroxyl groups is 3. The number of rotatable bonds is 6. The Balaban J connectivity index is 2.11. The smallest absolute Gasteiger partial charge is 0.239 e. The van der Waals surface area contributed by atoms with E-state index in [0.717, 1.165) is 5.56 Å². The summed E-state index contributed by atoms with van der Waals surface area (Å²) in [6.45, 7) is -0.419. The Kier molecular flexibility index (Phi) is 4.27. The Morgan fingerprint density at radius 2 is 2.05 bits per heavy atom. The molecule has 0 spiro atoms. The van der Waals surface area contributed by atoms with Crippen molar-refractivity contribution >= 4 is 11.0 Å². The van der Waals surface area contributed by atoms with Gasteiger partial charge in [-0.1, -0.05) is 0 Å². The molecule has 2 heterocycles. The van der Waals surface area contributed by atoms with Crippen LogP contribution in [-0.2, 0) is 6.54 Å². The molecule has 0 aromatic carbocycles. The predicted octanol–water partition coefficient (Wildman–Crippen LogP) is -1.53. The molecule has 2 aromatic heterocycles. The molecule has 0 aliphatic heterocycles. The van der Waals surface area contributed by atoms with Crippen LogP contribution in [0.4, 0.5) is 0 Å². The molecule has 8 nitrogen and oxygen atoms in total. The molecule has 8 heteroatoms. The molecule has 0 radical (unpaired) electrons. The lowest BCUT2D eigenvalue weighted by molar-refractivity contribution is 0.0411. The molecule has 2 aromatic rings. The Morgan fingerprint density at radius 3 is 2.74 bits per heavy atom. The second-order valence-electron chi connectivity index (χ2n) is 4.15. The molecular formula is C11H16N4O4. The van der Waals surface area contributed by atoms with E-state index < -0.39 is 18.8 Å². The molecule has 0 aliphatic carbocycles. The minimum atomic E-state index is -1.04. The molecule has 0 saturated heterocycles. The zero-order valence-corrected chi connectivity index (χ0v) is 10.1. The van der Waals surface area contributed by atoms with Gasteiger partial charge in [0.15, 0.2) is 0 Å². The molecule has 0 saturated carbocycles. The van der Waals surface area contributed by atoms with Crippen molar-refractivity contribution in [3.05, 3.63) is 18.1 Å². The number of H-pyrrole nitrogens is 1. The van der Waals surface area contributed by atoms with Crippen molar-refractivity contribution in [3.8, 4) is 5.88 Å². The second kappa shape index (κ2) is 5.93. The predicted molar refractivity (Wildman–Crippen MR) is 66.4 cm³/mol. The lowest BCUT2D eigenvalue weighted by Crippen LogP contribution is -2.44. The van der Waals surface area contributed by atoms with E-state index in [1.54, 1.807) is 6.20 Å². The van der Waals surface area contributed by atoms with Crippen molar-refractivity contribution in [1.29, 1.82) is 0 Å². The Hall–Kier alpha value is -1.74. The van der Waals surface area contributed by atoms with E-state index in [-0.39, 0.29) is 12.5 Å². The van der Waals surface area contributed by atoms with Gasteiger partial charge in [0, 0.05) is 18.3 Å². The van der Waals surface area contributed by atoms with Gasteiger partial charge in [0.05, 0.1) is 30.9 Å². The van der Waals surface area contributed by atoms with Crippen LogP contribution in [0.25, 0.3) is 11.0 Å². The third-order valence-electron chi connectivity index (χ3n) is 2.93. The number of aromatic amines is 1. The van der Waals surface area contributed by atoms with Crippen LogP contribution in [0.3, 0.4) is 0 Å². The first-order valence-corrected chi connectivity index (χ1v) is 5.80. The summed E-state index contributed by atoms with van der Waals surface area (Å²) < 4.78 is 0. The van der Waals surface area contributed by atoms with Gasteiger partial charge in [-0.3, -0.25) is 0 Å². The van der Waals surface area contributed by atoms with Crippen LogP contribution < -0.4 is 5.32 Å². The molecule has 104 valence electrons. The van der Waals surface area contributed by atoms with Crippen LogP contribution in [-0.4, -0.2) is 60.7 Å². The van der Waals surface area contributed by atoms with Crippen LogP contribution in [0.15, 0.2) is 12.5 Å². The average molecular weight is 268 g/mol. The van der Waals surface area contributed by atoms with Gasteiger partial charge in [-0.25, -0.2) is 9.97 Å². The molecule has 0 aliphatic rings. The fourth-order valence-corrected chi connectivity index (χ4v) is 1.81. The lowest BCUT2D eigenvalue weighted by atomic mass is 10.1. The maximum Gasteiger partial charge on any atom is 0.239 e. The van der Waals surface area contributed by atoms with Crippen molar-refractivity contribution in [1.82, 2.24) is 20.3 Å². The first-order chi connectivity index (χ1) is 9.17. The average Bonchev–Trinajstić information content (AvgIpc) is 2.84. The topological polar surface area (TPSA) is 135 Å². The maximum absolute atomic E-state index is 9.52.